The molecule has 4 aliphatic carbocycles. The highest BCUT2D eigenvalue weighted by Gasteiger charge is 2.47. The number of nitrogens with one attached hydrogen (secondary N) is 1. The second-order valence-corrected chi connectivity index (χ2v) is 9.67. The van der Waals surface area contributed by atoms with Gasteiger partial charge in [-0.3, -0.25) is 0 Å². The Morgan fingerprint density at radius 2 is 1.52 bits per heavy atom. The van der Waals surface area contributed by atoms with Gasteiger partial charge in [0.1, 0.15) is 6.61 Å². The Kier molecular flexibility index (Phi) is 5.45. The van der Waals surface area contributed by atoms with Crippen molar-refractivity contribution in [3.05, 3.63) is 58.6 Å². The summed E-state index contributed by atoms with van der Waals surface area (Å²) in [6, 6.07) is 14.7. The lowest BCUT2D eigenvalue weighted by Crippen LogP contribution is -2.54. The molecule has 4 bridgehead atoms. The van der Waals surface area contributed by atoms with Gasteiger partial charge in [0.2, 0.25) is 0 Å². The maximum Gasteiger partial charge on any atom is 0.161 e. The summed E-state index contributed by atoms with van der Waals surface area (Å²) in [6.45, 7) is 1.40. The zero-order chi connectivity index (χ0) is 19.8. The molecule has 29 heavy (non-hydrogen) atoms. The maximum atomic E-state index is 5.99. The Morgan fingerprint density at radius 1 is 0.862 bits per heavy atom. The van der Waals surface area contributed by atoms with E-state index in [1.165, 1.54) is 37.7 Å². The molecular weight excluding hydrogens is 382 g/mol. The molecule has 2 aromatic carbocycles. The fraction of sp³-hybridized carbons (Fsp3) is 0.520. The predicted molar refractivity (Wildman–Crippen MR) is 116 cm³/mol. The largest absolute Gasteiger partial charge is 0.493 e. The van der Waals surface area contributed by atoms with Crippen LogP contribution in [0.1, 0.15) is 43.2 Å². The SMILES string of the molecule is COc1cc(CNC2C3CC4CC(C3)CC2C4)ccc1OCc1ccc(Cl)cc1. The van der Waals surface area contributed by atoms with Crippen molar-refractivity contribution in [2.24, 2.45) is 23.7 Å². The first kappa shape index (κ1) is 19.3. The summed E-state index contributed by atoms with van der Waals surface area (Å²) in [4.78, 5) is 0. The lowest BCUT2D eigenvalue weighted by molar-refractivity contribution is -0.0142. The summed E-state index contributed by atoms with van der Waals surface area (Å²) in [7, 11) is 1.71. The summed E-state index contributed by atoms with van der Waals surface area (Å²) >= 11 is 5.95. The highest BCUT2D eigenvalue weighted by Crippen LogP contribution is 2.53. The Balaban J connectivity index is 1.20. The van der Waals surface area contributed by atoms with Gasteiger partial charge in [0, 0.05) is 17.6 Å². The number of rotatable bonds is 7. The van der Waals surface area contributed by atoms with E-state index in [4.69, 9.17) is 21.1 Å². The first-order chi connectivity index (χ1) is 14.2. The van der Waals surface area contributed by atoms with Crippen molar-refractivity contribution in [1.82, 2.24) is 5.32 Å². The molecular formula is C25H30ClNO2. The quantitative estimate of drug-likeness (QED) is 0.620. The van der Waals surface area contributed by atoms with Crippen molar-refractivity contribution in [2.45, 2.75) is 51.3 Å². The highest BCUT2D eigenvalue weighted by atomic mass is 35.5. The van der Waals surface area contributed by atoms with Crippen LogP contribution in [0.3, 0.4) is 0 Å². The van der Waals surface area contributed by atoms with Crippen molar-refractivity contribution in [1.29, 1.82) is 0 Å². The number of methoxy groups -OCH3 is 1. The molecule has 0 spiro atoms. The normalized spacial score (nSPS) is 29.8. The first-order valence-electron chi connectivity index (χ1n) is 11.0. The number of hydrogen-bond acceptors (Lipinski definition) is 3. The van der Waals surface area contributed by atoms with Crippen LogP contribution in [0.5, 0.6) is 11.5 Å². The Morgan fingerprint density at radius 3 is 2.17 bits per heavy atom. The lowest BCUT2D eigenvalue weighted by Gasteiger charge is -2.54. The summed E-state index contributed by atoms with van der Waals surface area (Å²) in [5.74, 6) is 5.41. The van der Waals surface area contributed by atoms with Crippen LogP contribution in [-0.2, 0) is 13.2 Å². The molecule has 154 valence electrons. The third kappa shape index (κ3) is 4.13. The summed E-state index contributed by atoms with van der Waals surface area (Å²) in [5, 5.41) is 4.64. The molecule has 0 aliphatic heterocycles. The molecule has 4 heteroatoms. The highest BCUT2D eigenvalue weighted by molar-refractivity contribution is 6.30. The van der Waals surface area contributed by atoms with Gasteiger partial charge in [0.25, 0.3) is 0 Å². The van der Waals surface area contributed by atoms with Gasteiger partial charge in [-0.2, -0.15) is 0 Å². The van der Waals surface area contributed by atoms with Gasteiger partial charge in [0.15, 0.2) is 11.5 Å². The van der Waals surface area contributed by atoms with Crippen LogP contribution in [-0.4, -0.2) is 13.2 Å². The van der Waals surface area contributed by atoms with Crippen LogP contribution in [0.4, 0.5) is 0 Å². The van der Waals surface area contributed by atoms with E-state index in [9.17, 15) is 0 Å². The molecule has 0 radical (unpaired) electrons. The predicted octanol–water partition coefficient (Wildman–Crippen LogP) is 5.84. The Hall–Kier alpha value is -1.71. The topological polar surface area (TPSA) is 30.5 Å². The minimum Gasteiger partial charge on any atom is -0.493 e. The van der Waals surface area contributed by atoms with Crippen LogP contribution >= 0.6 is 11.6 Å². The number of hydrogen-bond donors (Lipinski definition) is 1. The van der Waals surface area contributed by atoms with E-state index in [1.807, 2.05) is 30.3 Å². The molecule has 3 nitrogen and oxygen atoms in total. The molecule has 4 aliphatic rings. The van der Waals surface area contributed by atoms with Crippen LogP contribution in [0.15, 0.2) is 42.5 Å². The van der Waals surface area contributed by atoms with Crippen molar-refractivity contribution < 1.29 is 9.47 Å². The number of halogens is 1. The number of benzene rings is 2. The minimum absolute atomic E-state index is 0.499. The van der Waals surface area contributed by atoms with E-state index in [0.717, 1.165) is 52.3 Å². The van der Waals surface area contributed by atoms with Crippen LogP contribution in [0.25, 0.3) is 0 Å². The molecule has 0 amide bonds. The molecule has 0 atom stereocenters. The molecule has 0 aromatic heterocycles. The monoisotopic (exact) mass is 411 g/mol. The smallest absolute Gasteiger partial charge is 0.161 e. The van der Waals surface area contributed by atoms with Gasteiger partial charge >= 0.3 is 0 Å². The van der Waals surface area contributed by atoms with Gasteiger partial charge in [-0.05, 0) is 91.2 Å². The molecule has 0 saturated heterocycles. The standard InChI is InChI=1S/C25H30ClNO2/c1-28-24-13-17(4-7-23(24)29-15-16-2-5-22(26)6-3-16)14-27-25-20-9-18-8-19(11-20)12-21(25)10-18/h2-7,13,18-21,25,27H,8-12,14-15H2,1H3. The van der Waals surface area contributed by atoms with E-state index in [0.29, 0.717) is 12.6 Å². The fourth-order valence-corrected chi connectivity index (χ4v) is 6.30. The van der Waals surface area contributed by atoms with Gasteiger partial charge in [-0.15, -0.1) is 0 Å². The van der Waals surface area contributed by atoms with E-state index >= 15 is 0 Å². The Labute approximate surface area is 178 Å². The molecule has 0 heterocycles. The molecule has 4 fully saturated rings. The molecule has 6 rings (SSSR count). The number of ether oxygens (including phenoxy) is 2. The van der Waals surface area contributed by atoms with Crippen molar-refractivity contribution in [2.75, 3.05) is 7.11 Å². The maximum absolute atomic E-state index is 5.99. The van der Waals surface area contributed by atoms with E-state index in [1.54, 1.807) is 7.11 Å². The summed E-state index contributed by atoms with van der Waals surface area (Å²) < 4.78 is 11.6. The Bertz CT molecular complexity index is 822. The third-order valence-electron chi connectivity index (χ3n) is 7.30. The zero-order valence-corrected chi connectivity index (χ0v) is 17.8. The van der Waals surface area contributed by atoms with Gasteiger partial charge in [-0.25, -0.2) is 0 Å². The van der Waals surface area contributed by atoms with Crippen molar-refractivity contribution >= 4 is 11.6 Å². The third-order valence-corrected chi connectivity index (χ3v) is 7.56. The molecule has 0 unspecified atom stereocenters. The lowest BCUT2D eigenvalue weighted by atomic mass is 9.54. The average Bonchev–Trinajstić information content (AvgIpc) is 2.72. The second-order valence-electron chi connectivity index (χ2n) is 9.24. The minimum atomic E-state index is 0.499. The van der Waals surface area contributed by atoms with Gasteiger partial charge < -0.3 is 14.8 Å². The molecule has 2 aromatic rings. The molecule has 4 saturated carbocycles. The van der Waals surface area contributed by atoms with Crippen molar-refractivity contribution in [3.63, 3.8) is 0 Å². The van der Waals surface area contributed by atoms with Crippen LogP contribution < -0.4 is 14.8 Å². The van der Waals surface area contributed by atoms with E-state index in [2.05, 4.69) is 17.4 Å². The van der Waals surface area contributed by atoms with Crippen LogP contribution in [0, 0.1) is 23.7 Å². The second kappa shape index (κ2) is 8.20. The van der Waals surface area contributed by atoms with Crippen molar-refractivity contribution in [3.8, 4) is 11.5 Å². The van der Waals surface area contributed by atoms with Gasteiger partial charge in [-0.1, -0.05) is 29.8 Å². The molecule has 1 N–H and O–H groups in total. The van der Waals surface area contributed by atoms with E-state index < -0.39 is 0 Å². The summed E-state index contributed by atoms with van der Waals surface area (Å²) in [6.07, 6.45) is 7.31. The van der Waals surface area contributed by atoms with Gasteiger partial charge in [0.05, 0.1) is 7.11 Å². The zero-order valence-electron chi connectivity index (χ0n) is 17.1. The first-order valence-corrected chi connectivity index (χ1v) is 11.3. The average molecular weight is 412 g/mol. The van der Waals surface area contributed by atoms with Crippen LogP contribution in [0.2, 0.25) is 5.02 Å². The summed E-state index contributed by atoms with van der Waals surface area (Å²) in [5.41, 5.74) is 2.35. The fourth-order valence-electron chi connectivity index (χ4n) is 6.18. The van der Waals surface area contributed by atoms with E-state index in [-0.39, 0.29) is 0 Å².